The number of ketones is 2. The maximum Gasteiger partial charge on any atom is 0.344 e. The Labute approximate surface area is 408 Å². The van der Waals surface area contributed by atoms with Crippen molar-refractivity contribution in [3.63, 3.8) is 0 Å². The molecule has 0 aliphatic rings. The third-order valence-corrected chi connectivity index (χ3v) is 9.55. The van der Waals surface area contributed by atoms with Crippen molar-refractivity contribution in [1.82, 2.24) is 10.6 Å². The van der Waals surface area contributed by atoms with Crippen LogP contribution in [0.4, 0.5) is 0 Å². The summed E-state index contributed by atoms with van der Waals surface area (Å²) in [6.45, 7) is 13.3. The maximum atomic E-state index is 12.9. The van der Waals surface area contributed by atoms with E-state index in [1.54, 1.807) is 64.1 Å². The molecule has 2 aromatic carbocycles. The largest absolute Gasteiger partial charge is 0.464 e. The first kappa shape index (κ1) is 62.8. The minimum atomic E-state index is -2.24. The Kier molecular flexibility index (Phi) is 37.0. The highest BCUT2D eigenvalue weighted by Gasteiger charge is 2.51. The monoisotopic (exact) mass is 1050 g/mol. The molecule has 0 atom stereocenters. The predicted octanol–water partition coefficient (Wildman–Crippen LogP) is 8.82. The zero-order chi connectivity index (χ0) is 50.3. The quantitative estimate of drug-likeness (QED) is 0.0204. The molecule has 0 radical (unpaired) electrons. The lowest BCUT2D eigenvalue weighted by Crippen LogP contribution is -2.62. The van der Waals surface area contributed by atoms with Crippen LogP contribution in [0, 0.1) is 24.2 Å². The van der Waals surface area contributed by atoms with Gasteiger partial charge in [0.15, 0.2) is 11.6 Å². The van der Waals surface area contributed by atoms with Gasteiger partial charge in [0.1, 0.15) is 0 Å². The van der Waals surface area contributed by atoms with Gasteiger partial charge < -0.3 is 29.6 Å². The van der Waals surface area contributed by atoms with Gasteiger partial charge in [-0.2, -0.15) is 0 Å². The molecule has 0 bridgehead atoms. The van der Waals surface area contributed by atoms with Gasteiger partial charge in [-0.25, -0.2) is 19.2 Å². The topological polar surface area (TPSA) is 198 Å². The number of benzene rings is 2. The number of hydrogen-bond donors (Lipinski definition) is 2. The van der Waals surface area contributed by atoms with Crippen LogP contribution in [-0.4, -0.2) is 90.6 Å². The van der Waals surface area contributed by atoms with Crippen molar-refractivity contribution in [1.29, 1.82) is 0 Å². The minimum Gasteiger partial charge on any atom is -0.464 e. The van der Waals surface area contributed by atoms with E-state index < -0.39 is 59.5 Å². The standard InChI is InChI=1S/C25H33NO6.C9H15NO5.C8H6Br2O.C8H14/c1-5-8-9-10-11-12-13-20-14-16-21(17-15-20)22(28)18-25(26-19(4)27,23(29)31-6-2)24(30)32-7-3;1-4-14-8(12)7(10-6(3)11)9(13)15-5-2;9-5-8(11)6-1-3-7(10)4-2-6;1-3-5-7-8-6-4-2/h14-17H,5-11,18H2,1-4H3,(H,26,27);7H,4-5H2,1-3H3,(H,10,11);1-4H,5H2;1H,4-8H2,2H3. The molecule has 2 rings (SSSR count). The molecular formula is C50H68Br2N2O12. The van der Waals surface area contributed by atoms with Crippen LogP contribution >= 0.6 is 31.9 Å². The van der Waals surface area contributed by atoms with E-state index in [9.17, 15) is 38.4 Å². The van der Waals surface area contributed by atoms with Gasteiger partial charge >= 0.3 is 23.9 Å². The van der Waals surface area contributed by atoms with Crippen molar-refractivity contribution in [3.8, 4) is 24.2 Å². The number of hydrogen-bond acceptors (Lipinski definition) is 12. The third kappa shape index (κ3) is 27.9. The number of esters is 4. The summed E-state index contributed by atoms with van der Waals surface area (Å²) in [7, 11) is 0. The molecule has 0 aliphatic carbocycles. The van der Waals surface area contributed by atoms with Crippen molar-refractivity contribution in [2.45, 2.75) is 138 Å². The molecule has 66 heavy (non-hydrogen) atoms. The van der Waals surface area contributed by atoms with Crippen LogP contribution in [0.1, 0.15) is 152 Å². The Morgan fingerprint density at radius 2 is 1.08 bits per heavy atom. The molecule has 364 valence electrons. The number of nitrogens with one attached hydrogen (secondary N) is 2. The summed E-state index contributed by atoms with van der Waals surface area (Å²) in [5.41, 5.74) is -0.459. The Balaban J connectivity index is 0. The van der Waals surface area contributed by atoms with Crippen molar-refractivity contribution < 1.29 is 57.3 Å². The number of carbonyl (C=O) groups excluding carboxylic acids is 8. The fraction of sp³-hybridized carbons (Fsp3) is 0.520. The summed E-state index contributed by atoms with van der Waals surface area (Å²) in [5, 5.41) is 4.84. The number of rotatable bonds is 23. The third-order valence-electron chi connectivity index (χ3n) is 8.51. The van der Waals surface area contributed by atoms with E-state index in [0.29, 0.717) is 5.33 Å². The average molecular weight is 1050 g/mol. The first-order valence-corrected chi connectivity index (χ1v) is 24.0. The Morgan fingerprint density at radius 1 is 0.621 bits per heavy atom. The highest BCUT2D eigenvalue weighted by Crippen LogP contribution is 2.21. The van der Waals surface area contributed by atoms with Crippen LogP contribution in [0.2, 0.25) is 0 Å². The van der Waals surface area contributed by atoms with E-state index in [0.717, 1.165) is 48.2 Å². The normalized spacial score (nSPS) is 9.91. The van der Waals surface area contributed by atoms with Crippen LogP contribution in [0.3, 0.4) is 0 Å². The fourth-order valence-corrected chi connectivity index (χ4v) is 5.89. The molecule has 16 heteroatoms. The van der Waals surface area contributed by atoms with Crippen LogP contribution < -0.4 is 10.6 Å². The SMILES string of the molecule is C#CCCCCCC.CCCCCCC#Cc1ccc(C(=O)CC(NC(C)=O)(C(=O)OCC)C(=O)OCC)cc1.CCOC(=O)C(NC(C)=O)C(=O)OCC.O=C(CBr)c1ccc(Br)cc1. The second-order valence-corrected chi connectivity index (χ2v) is 15.5. The van der Waals surface area contributed by atoms with Gasteiger partial charge in [-0.15, -0.1) is 12.3 Å². The van der Waals surface area contributed by atoms with E-state index in [1.807, 2.05) is 12.1 Å². The van der Waals surface area contributed by atoms with Crippen LogP contribution in [0.25, 0.3) is 0 Å². The van der Waals surface area contributed by atoms with Crippen molar-refractivity contribution in [3.05, 3.63) is 69.7 Å². The second kappa shape index (κ2) is 38.9. The Bertz CT molecular complexity index is 1860. The van der Waals surface area contributed by atoms with Gasteiger partial charge in [-0.05, 0) is 64.8 Å². The summed E-state index contributed by atoms with van der Waals surface area (Å²) in [5.74, 6) is 3.55. The summed E-state index contributed by atoms with van der Waals surface area (Å²) in [6, 6.07) is 12.5. The van der Waals surface area contributed by atoms with Gasteiger partial charge in [-0.3, -0.25) is 19.2 Å². The van der Waals surface area contributed by atoms with E-state index in [2.05, 4.69) is 83.6 Å². The molecule has 0 aliphatic heterocycles. The molecule has 2 N–H and O–H groups in total. The average Bonchev–Trinajstić information content (AvgIpc) is 3.28. The van der Waals surface area contributed by atoms with E-state index in [-0.39, 0.29) is 37.8 Å². The highest BCUT2D eigenvalue weighted by molar-refractivity contribution is 9.10. The number of halogens is 2. The number of alkyl halides is 1. The number of carbonyl (C=O) groups is 8. The lowest BCUT2D eigenvalue weighted by molar-refractivity contribution is -0.168. The Morgan fingerprint density at radius 3 is 1.48 bits per heavy atom. The molecule has 0 spiro atoms. The number of Topliss-reactive ketones (excluding diaryl/α,β-unsaturated/α-hetero) is 2. The number of amides is 2. The van der Waals surface area contributed by atoms with Crippen LogP contribution in [0.15, 0.2) is 53.0 Å². The zero-order valence-electron chi connectivity index (χ0n) is 39.7. The van der Waals surface area contributed by atoms with Crippen molar-refractivity contribution in [2.24, 2.45) is 0 Å². The summed E-state index contributed by atoms with van der Waals surface area (Å²) in [4.78, 5) is 94.3. The van der Waals surface area contributed by atoms with E-state index >= 15 is 0 Å². The van der Waals surface area contributed by atoms with Crippen LogP contribution in [0.5, 0.6) is 0 Å². The molecule has 14 nitrogen and oxygen atoms in total. The number of unbranched alkanes of at least 4 members (excludes halogenated alkanes) is 8. The molecule has 0 aromatic heterocycles. The van der Waals surface area contributed by atoms with Crippen molar-refractivity contribution >= 4 is 79.1 Å². The van der Waals surface area contributed by atoms with Gasteiger partial charge in [0.2, 0.25) is 23.4 Å². The first-order valence-electron chi connectivity index (χ1n) is 22.1. The molecule has 0 unspecified atom stereocenters. The lowest BCUT2D eigenvalue weighted by Gasteiger charge is -2.29. The smallest absolute Gasteiger partial charge is 0.344 e. The minimum absolute atomic E-state index is 0.0282. The predicted molar refractivity (Wildman–Crippen MR) is 262 cm³/mol. The summed E-state index contributed by atoms with van der Waals surface area (Å²) < 4.78 is 20.2. The number of terminal acetylenes is 1. The summed E-state index contributed by atoms with van der Waals surface area (Å²) in [6.07, 6.45) is 16.0. The molecule has 0 saturated carbocycles. The molecule has 0 heterocycles. The molecule has 0 fully saturated rings. The fourth-order valence-electron chi connectivity index (χ4n) is 5.31. The van der Waals surface area contributed by atoms with Gasteiger partial charge in [0.05, 0.1) is 38.2 Å². The number of ether oxygens (including phenoxy) is 4. The first-order chi connectivity index (χ1) is 31.5. The second-order valence-electron chi connectivity index (χ2n) is 14.0. The molecule has 2 aromatic rings. The van der Waals surface area contributed by atoms with Gasteiger partial charge in [-0.1, -0.05) is 120 Å². The maximum absolute atomic E-state index is 12.9. The summed E-state index contributed by atoms with van der Waals surface area (Å²) >= 11 is 6.40. The van der Waals surface area contributed by atoms with Gasteiger partial charge in [0, 0.05) is 47.9 Å². The van der Waals surface area contributed by atoms with Crippen molar-refractivity contribution in [2.75, 3.05) is 31.8 Å². The molecular weight excluding hydrogens is 980 g/mol. The zero-order valence-corrected chi connectivity index (χ0v) is 42.9. The lowest BCUT2D eigenvalue weighted by atomic mass is 9.89. The highest BCUT2D eigenvalue weighted by atomic mass is 79.9. The van der Waals surface area contributed by atoms with Crippen LogP contribution in [-0.2, 0) is 47.7 Å². The molecule has 2 amide bonds. The van der Waals surface area contributed by atoms with Gasteiger partial charge in [0.25, 0.3) is 0 Å². The van der Waals surface area contributed by atoms with E-state index in [1.165, 1.54) is 45.4 Å². The Hall–Kier alpha value is -5.32. The van der Waals surface area contributed by atoms with E-state index in [4.69, 9.17) is 15.9 Å². The molecule has 0 saturated heterocycles.